The lowest BCUT2D eigenvalue weighted by Crippen LogP contribution is -2.46. The number of benzene rings is 1. The number of nitrogens with one attached hydrogen (secondary N) is 3. The molecule has 7 heteroatoms. The summed E-state index contributed by atoms with van der Waals surface area (Å²) in [6.45, 7) is 6.12. The van der Waals surface area contributed by atoms with E-state index in [1.165, 1.54) is 0 Å². The Kier molecular flexibility index (Phi) is 4.85. The second-order valence-corrected chi connectivity index (χ2v) is 7.21. The van der Waals surface area contributed by atoms with Crippen LogP contribution in [0.5, 0.6) is 5.75 Å². The summed E-state index contributed by atoms with van der Waals surface area (Å²) in [4.78, 5) is 37.5. The number of imidazole rings is 1. The molecule has 140 valence electrons. The Labute approximate surface area is 155 Å². The molecule has 0 spiro atoms. The predicted molar refractivity (Wildman–Crippen MR) is 104 cm³/mol. The van der Waals surface area contributed by atoms with Gasteiger partial charge in [-0.2, -0.15) is 0 Å². The van der Waals surface area contributed by atoms with Crippen LogP contribution >= 0.6 is 0 Å². The van der Waals surface area contributed by atoms with Crippen LogP contribution in [-0.4, -0.2) is 27.0 Å². The van der Waals surface area contributed by atoms with Gasteiger partial charge in [-0.15, -0.1) is 0 Å². The summed E-state index contributed by atoms with van der Waals surface area (Å²) in [6, 6.07) is 7.21. The van der Waals surface area contributed by atoms with Gasteiger partial charge >= 0.3 is 0 Å². The number of hydrogen-bond acceptors (Lipinski definition) is 4. The minimum atomic E-state index is -0.397. The molecule has 0 saturated carbocycles. The topological polar surface area (TPSA) is 104 Å². The van der Waals surface area contributed by atoms with Crippen molar-refractivity contribution in [3.05, 3.63) is 78.9 Å². The fourth-order valence-electron chi connectivity index (χ4n) is 2.75. The van der Waals surface area contributed by atoms with Crippen LogP contribution in [0, 0.1) is 0 Å². The maximum absolute atomic E-state index is 12.5. The largest absolute Gasteiger partial charge is 0.497 e. The van der Waals surface area contributed by atoms with Gasteiger partial charge in [0.2, 0.25) is 0 Å². The Morgan fingerprint density at radius 1 is 1.04 bits per heavy atom. The SMILES string of the molecule is COc1cccc(/C=c2\[nH]c(=O)/c(=C/c3nc[nH]c3C(C)(C)C)[nH]c2=O)c1. The van der Waals surface area contributed by atoms with Crippen molar-refractivity contribution in [2.45, 2.75) is 26.2 Å². The number of ether oxygens (including phenoxy) is 1. The highest BCUT2D eigenvalue weighted by molar-refractivity contribution is 5.51. The molecule has 0 bridgehead atoms. The lowest BCUT2D eigenvalue weighted by molar-refractivity contribution is 0.414. The van der Waals surface area contributed by atoms with E-state index in [4.69, 9.17) is 4.74 Å². The van der Waals surface area contributed by atoms with Crippen LogP contribution in [0.3, 0.4) is 0 Å². The third kappa shape index (κ3) is 4.08. The molecule has 0 aliphatic rings. The maximum Gasteiger partial charge on any atom is 0.272 e. The molecule has 0 radical (unpaired) electrons. The monoisotopic (exact) mass is 366 g/mol. The fraction of sp³-hybridized carbons (Fsp3) is 0.250. The molecular weight excluding hydrogens is 344 g/mol. The summed E-state index contributed by atoms with van der Waals surface area (Å²) in [6.07, 6.45) is 4.75. The Morgan fingerprint density at radius 2 is 1.70 bits per heavy atom. The average molecular weight is 366 g/mol. The molecule has 2 aromatic heterocycles. The molecule has 3 N–H and O–H groups in total. The summed E-state index contributed by atoms with van der Waals surface area (Å²) >= 11 is 0. The Morgan fingerprint density at radius 3 is 2.33 bits per heavy atom. The molecule has 0 aliphatic carbocycles. The first-order valence-corrected chi connectivity index (χ1v) is 8.52. The third-order valence-electron chi connectivity index (χ3n) is 4.09. The molecule has 2 heterocycles. The van der Waals surface area contributed by atoms with Gasteiger partial charge in [0, 0.05) is 11.1 Å². The third-order valence-corrected chi connectivity index (χ3v) is 4.09. The molecule has 27 heavy (non-hydrogen) atoms. The van der Waals surface area contributed by atoms with Gasteiger partial charge in [0.25, 0.3) is 11.1 Å². The second-order valence-electron chi connectivity index (χ2n) is 7.21. The zero-order valence-electron chi connectivity index (χ0n) is 15.7. The molecule has 3 aromatic rings. The first kappa shape index (κ1) is 18.4. The van der Waals surface area contributed by atoms with Gasteiger partial charge in [-0.3, -0.25) is 9.59 Å². The first-order valence-electron chi connectivity index (χ1n) is 8.52. The summed E-state index contributed by atoms with van der Waals surface area (Å²) in [5, 5.41) is 0.323. The van der Waals surface area contributed by atoms with Crippen molar-refractivity contribution in [1.29, 1.82) is 0 Å². The highest BCUT2D eigenvalue weighted by atomic mass is 16.5. The summed E-state index contributed by atoms with van der Waals surface area (Å²) in [5.74, 6) is 0.667. The molecule has 7 nitrogen and oxygen atoms in total. The lowest BCUT2D eigenvalue weighted by Gasteiger charge is -2.16. The van der Waals surface area contributed by atoms with Gasteiger partial charge in [-0.05, 0) is 29.8 Å². The standard InChI is InChI=1S/C20H22N4O3/c1-20(2,3)17-14(21-11-22-17)10-16-19(26)23-15(18(25)24-16)9-12-6-5-7-13(8-12)27-4/h5-11H,1-4H3,(H,21,22)(H,23,26)(H,24,25)/b15-9-,16-10-. The Bertz CT molecular complexity index is 1190. The summed E-state index contributed by atoms with van der Waals surface area (Å²) in [7, 11) is 1.57. The molecule has 0 saturated heterocycles. The van der Waals surface area contributed by atoms with E-state index in [-0.39, 0.29) is 16.1 Å². The minimum Gasteiger partial charge on any atom is -0.497 e. The zero-order chi connectivity index (χ0) is 19.6. The molecular formula is C20H22N4O3. The average Bonchev–Trinajstić information content (AvgIpc) is 3.08. The van der Waals surface area contributed by atoms with E-state index in [2.05, 4.69) is 19.9 Å². The lowest BCUT2D eigenvalue weighted by atomic mass is 9.90. The van der Waals surface area contributed by atoms with Crippen LogP contribution in [-0.2, 0) is 5.41 Å². The number of aromatic amines is 3. The van der Waals surface area contributed by atoms with Crippen molar-refractivity contribution in [2.24, 2.45) is 0 Å². The highest BCUT2D eigenvalue weighted by Gasteiger charge is 2.19. The maximum atomic E-state index is 12.5. The van der Waals surface area contributed by atoms with Crippen LogP contribution in [0.15, 0.2) is 40.2 Å². The fourth-order valence-corrected chi connectivity index (χ4v) is 2.75. The van der Waals surface area contributed by atoms with Crippen molar-refractivity contribution in [1.82, 2.24) is 19.9 Å². The number of nitrogens with zero attached hydrogens (tertiary/aromatic N) is 1. The molecule has 0 unspecified atom stereocenters. The minimum absolute atomic E-state index is 0.153. The highest BCUT2D eigenvalue weighted by Crippen LogP contribution is 2.22. The van der Waals surface area contributed by atoms with Gasteiger partial charge in [0.05, 0.1) is 19.1 Å². The van der Waals surface area contributed by atoms with Crippen molar-refractivity contribution in [2.75, 3.05) is 7.11 Å². The van der Waals surface area contributed by atoms with E-state index in [1.807, 2.05) is 32.9 Å². The van der Waals surface area contributed by atoms with Crippen LogP contribution in [0.1, 0.15) is 37.7 Å². The van der Waals surface area contributed by atoms with E-state index < -0.39 is 11.1 Å². The van der Waals surface area contributed by atoms with Crippen LogP contribution in [0.25, 0.3) is 12.2 Å². The van der Waals surface area contributed by atoms with E-state index in [1.54, 1.807) is 37.7 Å². The van der Waals surface area contributed by atoms with E-state index >= 15 is 0 Å². The second kappa shape index (κ2) is 7.11. The van der Waals surface area contributed by atoms with Gasteiger partial charge in [0.15, 0.2) is 0 Å². The molecule has 0 aliphatic heterocycles. The molecule has 3 rings (SSSR count). The number of rotatable bonds is 3. The van der Waals surface area contributed by atoms with Gasteiger partial charge in [0.1, 0.15) is 16.4 Å². The van der Waals surface area contributed by atoms with E-state index in [9.17, 15) is 9.59 Å². The van der Waals surface area contributed by atoms with Gasteiger partial charge in [-0.1, -0.05) is 32.9 Å². The van der Waals surface area contributed by atoms with Crippen molar-refractivity contribution in [3.63, 3.8) is 0 Å². The number of aromatic nitrogens is 4. The van der Waals surface area contributed by atoms with Crippen LogP contribution in [0.4, 0.5) is 0 Å². The van der Waals surface area contributed by atoms with Gasteiger partial charge < -0.3 is 19.7 Å². The smallest absolute Gasteiger partial charge is 0.272 e. The van der Waals surface area contributed by atoms with Crippen molar-refractivity contribution in [3.8, 4) is 5.75 Å². The first-order chi connectivity index (χ1) is 12.8. The van der Waals surface area contributed by atoms with Crippen LogP contribution in [0.2, 0.25) is 0 Å². The molecule has 0 fully saturated rings. The zero-order valence-corrected chi connectivity index (χ0v) is 15.7. The number of methoxy groups -OCH3 is 1. The summed E-state index contributed by atoms with van der Waals surface area (Å²) < 4.78 is 5.17. The van der Waals surface area contributed by atoms with E-state index in [0.717, 1.165) is 11.3 Å². The summed E-state index contributed by atoms with van der Waals surface area (Å²) in [5.41, 5.74) is 1.29. The Hall–Kier alpha value is -3.35. The van der Waals surface area contributed by atoms with Gasteiger partial charge in [-0.25, -0.2) is 4.98 Å². The van der Waals surface area contributed by atoms with Crippen molar-refractivity contribution < 1.29 is 4.74 Å². The normalized spacial score (nSPS) is 13.2. The Balaban J connectivity index is 2.12. The van der Waals surface area contributed by atoms with E-state index in [0.29, 0.717) is 11.4 Å². The molecule has 0 atom stereocenters. The quantitative estimate of drug-likeness (QED) is 0.636. The number of H-pyrrole nitrogens is 3. The predicted octanol–water partition coefficient (Wildman–Crippen LogP) is 0.750. The van der Waals surface area contributed by atoms with Crippen LogP contribution < -0.4 is 26.6 Å². The van der Waals surface area contributed by atoms with Crippen molar-refractivity contribution >= 4 is 12.2 Å². The molecule has 0 amide bonds. The molecule has 1 aromatic carbocycles. The number of hydrogen-bond donors (Lipinski definition) is 3.